The molecule has 0 fully saturated rings. The topological polar surface area (TPSA) is 73.8 Å². The molecule has 0 saturated carbocycles. The number of fused-ring (bicyclic) bond motifs is 2. The van der Waals surface area contributed by atoms with Gasteiger partial charge >= 0.3 is 4.94 Å². The number of ether oxygens (including phenoxy) is 1. The van der Waals surface area contributed by atoms with Gasteiger partial charge in [0.15, 0.2) is 16.3 Å². The molecule has 0 aliphatic rings. The maximum absolute atomic E-state index is 13.6. The summed E-state index contributed by atoms with van der Waals surface area (Å²) in [6.45, 7) is 0. The van der Waals surface area contributed by atoms with Gasteiger partial charge in [0.2, 0.25) is 0 Å². The summed E-state index contributed by atoms with van der Waals surface area (Å²) < 4.78 is 13.5. The van der Waals surface area contributed by atoms with Gasteiger partial charge in [-0.05, 0) is 23.8 Å². The van der Waals surface area contributed by atoms with Crippen LogP contribution in [0.1, 0.15) is 5.56 Å². The van der Waals surface area contributed by atoms with E-state index >= 15 is 0 Å². The first-order chi connectivity index (χ1) is 16.6. The molecule has 0 atom stereocenters. The van der Waals surface area contributed by atoms with Crippen LogP contribution in [0.2, 0.25) is 0 Å². The van der Waals surface area contributed by atoms with Crippen LogP contribution in [0.3, 0.4) is 0 Å². The van der Waals surface area contributed by atoms with E-state index in [-0.39, 0.29) is 5.56 Å². The smallest absolute Gasteiger partial charge is 0.396 e. The summed E-state index contributed by atoms with van der Waals surface area (Å²) in [5, 5.41) is 0. The van der Waals surface area contributed by atoms with Gasteiger partial charge in [0.05, 0.1) is 27.7 Å². The number of hydrogen-bond acceptors (Lipinski definition) is 7. The Kier molecular flexibility index (Phi) is 4.90. The van der Waals surface area contributed by atoms with E-state index in [1.165, 1.54) is 18.4 Å². The average Bonchev–Trinajstić information content (AvgIpc) is 3.51. The molecular weight excluding hydrogens is 468 g/mol. The van der Waals surface area contributed by atoms with E-state index < -0.39 is 4.94 Å². The number of imidazole rings is 1. The minimum Gasteiger partial charge on any atom is -0.493 e. The summed E-state index contributed by atoms with van der Waals surface area (Å²) in [5.41, 5.74) is 4.42. The van der Waals surface area contributed by atoms with E-state index in [4.69, 9.17) is 14.1 Å². The second-order valence-corrected chi connectivity index (χ2v) is 9.57. The van der Waals surface area contributed by atoms with E-state index in [2.05, 4.69) is 0 Å². The van der Waals surface area contributed by atoms with Crippen molar-refractivity contribution in [2.75, 3.05) is 7.11 Å². The summed E-state index contributed by atoms with van der Waals surface area (Å²) in [6, 6.07) is 23.3. The predicted molar refractivity (Wildman–Crippen MR) is 136 cm³/mol. The molecule has 166 valence electrons. The van der Waals surface area contributed by atoms with Crippen molar-refractivity contribution in [2.24, 2.45) is 0 Å². The van der Waals surface area contributed by atoms with Gasteiger partial charge in [-0.2, -0.15) is 0 Å². The number of thiazole rings is 1. The van der Waals surface area contributed by atoms with Crippen LogP contribution in [-0.2, 0) is 0 Å². The Hall–Kier alpha value is -4.01. The third kappa shape index (κ3) is 3.35. The fraction of sp³-hybridized carbons (Fsp3) is 0.0385. The second kappa shape index (κ2) is 8.09. The van der Waals surface area contributed by atoms with Gasteiger partial charge in [0.25, 0.3) is 5.56 Å². The van der Waals surface area contributed by atoms with Crippen LogP contribution in [0.25, 0.3) is 43.8 Å². The van der Waals surface area contributed by atoms with Crippen molar-refractivity contribution in [3.63, 3.8) is 0 Å². The highest BCUT2D eigenvalue weighted by molar-refractivity contribution is 7.16. The summed E-state index contributed by atoms with van der Waals surface area (Å²) in [5.74, 6) is 0.451. The third-order valence-electron chi connectivity index (χ3n) is 5.50. The zero-order chi connectivity index (χ0) is 23.2. The first kappa shape index (κ1) is 20.6. The van der Waals surface area contributed by atoms with Crippen LogP contribution in [0.15, 0.2) is 86.8 Å². The zero-order valence-corrected chi connectivity index (χ0v) is 19.5. The highest BCUT2D eigenvalue weighted by atomic mass is 32.1. The van der Waals surface area contributed by atoms with Crippen molar-refractivity contribution < 1.29 is 9.15 Å². The Balaban J connectivity index is 1.61. The van der Waals surface area contributed by atoms with Gasteiger partial charge in [0, 0.05) is 11.1 Å². The van der Waals surface area contributed by atoms with Gasteiger partial charge in [-0.3, -0.25) is 4.79 Å². The molecule has 0 amide bonds. The maximum Gasteiger partial charge on any atom is 0.396 e. The summed E-state index contributed by atoms with van der Waals surface area (Å²) >= 11 is 2.33. The van der Waals surface area contributed by atoms with Crippen molar-refractivity contribution in [3.05, 3.63) is 103 Å². The molecule has 34 heavy (non-hydrogen) atoms. The minimum atomic E-state index is -0.398. The molecule has 3 aromatic carbocycles. The van der Waals surface area contributed by atoms with Gasteiger partial charge < -0.3 is 9.15 Å². The van der Waals surface area contributed by atoms with Crippen LogP contribution < -0.4 is 19.8 Å². The quantitative estimate of drug-likeness (QED) is 0.359. The Morgan fingerprint density at radius 2 is 1.65 bits per heavy atom. The molecule has 3 heterocycles. The van der Waals surface area contributed by atoms with E-state index in [0.29, 0.717) is 25.5 Å². The first-order valence-corrected chi connectivity index (χ1v) is 12.0. The lowest BCUT2D eigenvalue weighted by atomic mass is 10.1. The molecule has 6 rings (SSSR count). The lowest BCUT2D eigenvalue weighted by Gasteiger charge is -2.04. The van der Waals surface area contributed by atoms with Crippen LogP contribution in [0.5, 0.6) is 5.75 Å². The monoisotopic (exact) mass is 484 g/mol. The van der Waals surface area contributed by atoms with E-state index in [1.807, 2.05) is 66.7 Å². The van der Waals surface area contributed by atoms with Gasteiger partial charge in [-0.1, -0.05) is 83.3 Å². The number of benzene rings is 3. The molecule has 0 radical (unpaired) electrons. The fourth-order valence-corrected chi connectivity index (χ4v) is 5.72. The lowest BCUT2D eigenvalue weighted by molar-refractivity contribution is 0.408. The molecule has 8 heteroatoms. The number of aromatic nitrogens is 2. The first-order valence-electron chi connectivity index (χ1n) is 10.4. The zero-order valence-electron chi connectivity index (χ0n) is 17.8. The predicted octanol–water partition coefficient (Wildman–Crippen LogP) is 4.81. The van der Waals surface area contributed by atoms with E-state index in [9.17, 15) is 9.59 Å². The molecule has 0 aliphatic heterocycles. The molecule has 0 bridgehead atoms. The van der Waals surface area contributed by atoms with Crippen molar-refractivity contribution >= 4 is 44.0 Å². The van der Waals surface area contributed by atoms with Crippen LogP contribution >= 0.6 is 22.7 Å². The number of methoxy groups -OCH3 is 1. The Bertz CT molecular complexity index is 1830. The molecular formula is C26H16N2O4S2. The molecule has 0 aliphatic carbocycles. The minimum absolute atomic E-state index is 0.145. The lowest BCUT2D eigenvalue weighted by Crippen LogP contribution is -2.23. The van der Waals surface area contributed by atoms with Crippen LogP contribution in [-0.4, -0.2) is 16.5 Å². The third-order valence-corrected chi connectivity index (χ3v) is 7.24. The van der Waals surface area contributed by atoms with Crippen molar-refractivity contribution in [1.29, 1.82) is 0 Å². The number of hydrogen-bond donors (Lipinski definition) is 0. The number of rotatable bonds is 4. The van der Waals surface area contributed by atoms with Crippen molar-refractivity contribution in [1.82, 2.24) is 9.38 Å². The van der Waals surface area contributed by atoms with Gasteiger partial charge in [-0.15, -0.1) is 0 Å². The standard InChI is InChI=1S/C26H16N2O4S2/c1-31-18-12-15(13-19-23(18)32-26(30)34-19)14-20-24(29)28-22(17-10-6-3-7-11-17)21(27-25(28)33-20)16-8-4-2-5-9-16/h2-14H,1H3/b20-14-. The largest absolute Gasteiger partial charge is 0.493 e. The normalized spacial score (nSPS) is 12.1. The molecule has 0 unspecified atom stereocenters. The summed E-state index contributed by atoms with van der Waals surface area (Å²) in [7, 11) is 1.52. The fourth-order valence-electron chi connectivity index (χ4n) is 4.01. The highest BCUT2D eigenvalue weighted by Crippen LogP contribution is 2.33. The molecule has 0 saturated heterocycles. The van der Waals surface area contributed by atoms with Crippen LogP contribution in [0.4, 0.5) is 0 Å². The Morgan fingerprint density at radius 1 is 0.941 bits per heavy atom. The van der Waals surface area contributed by atoms with Crippen LogP contribution in [0, 0.1) is 0 Å². The molecule has 0 N–H and O–H groups in total. The molecule has 0 spiro atoms. The second-order valence-electron chi connectivity index (χ2n) is 7.58. The SMILES string of the molecule is COc1cc(/C=c2\sc3nc(-c4ccccc4)c(-c4ccccc4)n3c2=O)cc2sc(=O)oc12. The highest BCUT2D eigenvalue weighted by Gasteiger charge is 2.20. The molecule has 6 aromatic rings. The Labute approximate surface area is 200 Å². The van der Waals surface area contributed by atoms with E-state index in [1.54, 1.807) is 16.5 Å². The van der Waals surface area contributed by atoms with Gasteiger partial charge in [0.1, 0.15) is 0 Å². The number of nitrogens with zero attached hydrogens (tertiary/aromatic N) is 2. The van der Waals surface area contributed by atoms with Crippen molar-refractivity contribution in [3.8, 4) is 28.3 Å². The Morgan fingerprint density at radius 3 is 2.35 bits per heavy atom. The van der Waals surface area contributed by atoms with Gasteiger partial charge in [-0.25, -0.2) is 14.2 Å². The maximum atomic E-state index is 13.6. The summed E-state index contributed by atoms with van der Waals surface area (Å²) in [6.07, 6.45) is 1.80. The molecule has 3 aromatic heterocycles. The van der Waals surface area contributed by atoms with Crippen molar-refractivity contribution in [2.45, 2.75) is 0 Å². The molecule has 6 nitrogen and oxygen atoms in total. The average molecular weight is 485 g/mol. The van der Waals surface area contributed by atoms with E-state index in [0.717, 1.165) is 39.4 Å². The summed E-state index contributed by atoms with van der Waals surface area (Å²) in [4.78, 5) is 30.4.